The second kappa shape index (κ2) is 8.40. The standard InChI is InChI=1S/C21H23N3O3/c1-3-27-20(25)18-17(13-22-16-11-9-14(2)10-12-16)23-21(26)24-19(18)15-7-5-4-6-8-15/h4-12,19,22H,3,13H2,1-2H3,(H2,23,24,26)/t19-/m1/s1. The fourth-order valence-electron chi connectivity index (χ4n) is 2.96. The molecule has 0 radical (unpaired) electrons. The zero-order valence-corrected chi connectivity index (χ0v) is 15.4. The van der Waals surface area contributed by atoms with Gasteiger partial charge in [0.05, 0.1) is 30.5 Å². The van der Waals surface area contributed by atoms with Crippen LogP contribution in [0, 0.1) is 6.92 Å². The highest BCUT2D eigenvalue weighted by molar-refractivity contribution is 5.95. The van der Waals surface area contributed by atoms with Crippen LogP contribution < -0.4 is 16.0 Å². The van der Waals surface area contributed by atoms with E-state index in [0.717, 1.165) is 16.8 Å². The molecule has 2 amide bonds. The molecule has 1 aliphatic heterocycles. The van der Waals surface area contributed by atoms with Gasteiger partial charge in [0.2, 0.25) is 0 Å². The molecule has 1 atom stereocenters. The third-order valence-corrected chi connectivity index (χ3v) is 4.30. The number of hydrogen-bond donors (Lipinski definition) is 3. The molecule has 0 saturated carbocycles. The maximum atomic E-state index is 12.7. The van der Waals surface area contributed by atoms with Crippen molar-refractivity contribution in [2.75, 3.05) is 18.5 Å². The Morgan fingerprint density at radius 2 is 1.81 bits per heavy atom. The average Bonchev–Trinajstić information content (AvgIpc) is 2.68. The minimum absolute atomic E-state index is 0.260. The number of anilines is 1. The molecular weight excluding hydrogens is 342 g/mol. The van der Waals surface area contributed by atoms with E-state index < -0.39 is 12.0 Å². The maximum absolute atomic E-state index is 12.7. The number of hydrogen-bond acceptors (Lipinski definition) is 4. The van der Waals surface area contributed by atoms with Crippen molar-refractivity contribution < 1.29 is 14.3 Å². The van der Waals surface area contributed by atoms with E-state index in [1.165, 1.54) is 0 Å². The van der Waals surface area contributed by atoms with E-state index in [1.807, 2.05) is 61.5 Å². The number of urea groups is 1. The lowest BCUT2D eigenvalue weighted by atomic mass is 9.95. The Bertz CT molecular complexity index is 845. The maximum Gasteiger partial charge on any atom is 0.338 e. The van der Waals surface area contributed by atoms with E-state index in [9.17, 15) is 9.59 Å². The van der Waals surface area contributed by atoms with E-state index >= 15 is 0 Å². The van der Waals surface area contributed by atoms with Gasteiger partial charge in [-0.25, -0.2) is 9.59 Å². The first-order valence-electron chi connectivity index (χ1n) is 8.91. The van der Waals surface area contributed by atoms with Crippen molar-refractivity contribution in [3.8, 4) is 0 Å². The topological polar surface area (TPSA) is 79.5 Å². The fraction of sp³-hybridized carbons (Fsp3) is 0.238. The Morgan fingerprint density at radius 3 is 2.48 bits per heavy atom. The van der Waals surface area contributed by atoms with E-state index in [0.29, 0.717) is 17.8 Å². The van der Waals surface area contributed by atoms with Gasteiger partial charge in [-0.15, -0.1) is 0 Å². The highest BCUT2D eigenvalue weighted by atomic mass is 16.5. The zero-order chi connectivity index (χ0) is 19.2. The molecule has 1 aliphatic rings. The number of benzene rings is 2. The molecule has 3 rings (SSSR count). The van der Waals surface area contributed by atoms with E-state index in [2.05, 4.69) is 16.0 Å². The molecular formula is C21H23N3O3. The first kappa shape index (κ1) is 18.5. The third-order valence-electron chi connectivity index (χ3n) is 4.30. The van der Waals surface area contributed by atoms with Crippen molar-refractivity contribution in [2.24, 2.45) is 0 Å². The minimum atomic E-state index is -0.561. The molecule has 0 unspecified atom stereocenters. The molecule has 1 heterocycles. The number of nitrogens with one attached hydrogen (secondary N) is 3. The van der Waals surface area contributed by atoms with Gasteiger partial charge in [-0.2, -0.15) is 0 Å². The van der Waals surface area contributed by atoms with Gasteiger partial charge in [-0.3, -0.25) is 0 Å². The molecule has 0 fully saturated rings. The molecule has 6 heteroatoms. The predicted molar refractivity (Wildman–Crippen MR) is 104 cm³/mol. The van der Waals surface area contributed by atoms with Crippen molar-refractivity contribution in [1.29, 1.82) is 0 Å². The van der Waals surface area contributed by atoms with Crippen molar-refractivity contribution in [3.05, 3.63) is 77.0 Å². The van der Waals surface area contributed by atoms with Gasteiger partial charge in [0.1, 0.15) is 0 Å². The summed E-state index contributed by atoms with van der Waals surface area (Å²) in [5.41, 5.74) is 3.80. The summed E-state index contributed by atoms with van der Waals surface area (Å²) in [5, 5.41) is 8.83. The number of esters is 1. The van der Waals surface area contributed by atoms with Gasteiger partial charge in [0, 0.05) is 5.69 Å². The van der Waals surface area contributed by atoms with Crippen LogP contribution in [0.5, 0.6) is 0 Å². The quantitative estimate of drug-likeness (QED) is 0.687. The second-order valence-corrected chi connectivity index (χ2v) is 6.27. The van der Waals surface area contributed by atoms with Gasteiger partial charge in [0.25, 0.3) is 0 Å². The van der Waals surface area contributed by atoms with Crippen LogP contribution in [0.4, 0.5) is 10.5 Å². The van der Waals surface area contributed by atoms with E-state index in [4.69, 9.17) is 4.74 Å². The lowest BCUT2D eigenvalue weighted by Crippen LogP contribution is -2.47. The molecule has 0 bridgehead atoms. The van der Waals surface area contributed by atoms with Crippen LogP contribution in [-0.4, -0.2) is 25.2 Å². The van der Waals surface area contributed by atoms with Crippen molar-refractivity contribution in [3.63, 3.8) is 0 Å². The lowest BCUT2D eigenvalue weighted by Gasteiger charge is -2.29. The number of carbonyl (C=O) groups is 2. The molecule has 2 aromatic carbocycles. The Hall–Kier alpha value is -3.28. The van der Waals surface area contributed by atoms with E-state index in [-0.39, 0.29) is 12.6 Å². The van der Waals surface area contributed by atoms with Gasteiger partial charge in [-0.05, 0) is 31.5 Å². The Labute approximate surface area is 158 Å². The molecule has 0 saturated heterocycles. The Kier molecular flexibility index (Phi) is 5.76. The van der Waals surface area contributed by atoms with Gasteiger partial charge in [-0.1, -0.05) is 48.0 Å². The zero-order valence-electron chi connectivity index (χ0n) is 15.4. The molecule has 2 aromatic rings. The highest BCUT2D eigenvalue weighted by Crippen LogP contribution is 2.27. The number of aryl methyl sites for hydroxylation is 1. The lowest BCUT2D eigenvalue weighted by molar-refractivity contribution is -0.139. The summed E-state index contributed by atoms with van der Waals surface area (Å²) in [6.07, 6.45) is 0. The molecule has 0 aromatic heterocycles. The second-order valence-electron chi connectivity index (χ2n) is 6.27. The summed E-state index contributed by atoms with van der Waals surface area (Å²) >= 11 is 0. The summed E-state index contributed by atoms with van der Waals surface area (Å²) in [7, 11) is 0. The van der Waals surface area contributed by atoms with Gasteiger partial charge >= 0.3 is 12.0 Å². The summed E-state index contributed by atoms with van der Waals surface area (Å²) in [6, 6.07) is 16.4. The summed E-state index contributed by atoms with van der Waals surface area (Å²) in [6.45, 7) is 4.34. The van der Waals surface area contributed by atoms with Crippen molar-refractivity contribution in [2.45, 2.75) is 19.9 Å². The molecule has 6 nitrogen and oxygen atoms in total. The summed E-state index contributed by atoms with van der Waals surface area (Å²) in [4.78, 5) is 24.9. The number of carbonyl (C=O) groups excluding carboxylic acids is 2. The SMILES string of the molecule is CCOC(=O)C1=C(CNc2ccc(C)cc2)NC(=O)N[C@@H]1c1ccccc1. The van der Waals surface area contributed by atoms with Crippen LogP contribution in [-0.2, 0) is 9.53 Å². The van der Waals surface area contributed by atoms with Crippen molar-refractivity contribution in [1.82, 2.24) is 10.6 Å². The van der Waals surface area contributed by atoms with Gasteiger partial charge in [0.15, 0.2) is 0 Å². The predicted octanol–water partition coefficient (Wildman–Crippen LogP) is 3.28. The fourth-order valence-corrected chi connectivity index (χ4v) is 2.96. The van der Waals surface area contributed by atoms with Gasteiger partial charge < -0.3 is 20.7 Å². The first-order chi connectivity index (χ1) is 13.1. The summed E-state index contributed by atoms with van der Waals surface area (Å²) in [5.74, 6) is -0.445. The van der Waals surface area contributed by atoms with Crippen LogP contribution in [0.1, 0.15) is 24.1 Å². The van der Waals surface area contributed by atoms with Crippen LogP contribution >= 0.6 is 0 Å². The summed E-state index contributed by atoms with van der Waals surface area (Å²) < 4.78 is 5.25. The molecule has 0 spiro atoms. The largest absolute Gasteiger partial charge is 0.463 e. The normalized spacial score (nSPS) is 16.4. The first-order valence-corrected chi connectivity index (χ1v) is 8.91. The van der Waals surface area contributed by atoms with Crippen LogP contribution in [0.15, 0.2) is 65.9 Å². The number of ether oxygens (including phenoxy) is 1. The van der Waals surface area contributed by atoms with Crippen molar-refractivity contribution >= 4 is 17.7 Å². The average molecular weight is 365 g/mol. The Balaban J connectivity index is 1.93. The van der Waals surface area contributed by atoms with Crippen LogP contribution in [0.3, 0.4) is 0 Å². The molecule has 0 aliphatic carbocycles. The molecule has 3 N–H and O–H groups in total. The highest BCUT2D eigenvalue weighted by Gasteiger charge is 2.33. The smallest absolute Gasteiger partial charge is 0.338 e. The molecule has 140 valence electrons. The monoisotopic (exact) mass is 365 g/mol. The minimum Gasteiger partial charge on any atom is -0.463 e. The Morgan fingerprint density at radius 1 is 1.11 bits per heavy atom. The number of amides is 2. The van der Waals surface area contributed by atoms with Crippen LogP contribution in [0.25, 0.3) is 0 Å². The van der Waals surface area contributed by atoms with E-state index in [1.54, 1.807) is 6.92 Å². The molecule has 27 heavy (non-hydrogen) atoms. The van der Waals surface area contributed by atoms with Crippen LogP contribution in [0.2, 0.25) is 0 Å². The third kappa shape index (κ3) is 4.47. The number of rotatable bonds is 6.